The summed E-state index contributed by atoms with van der Waals surface area (Å²) in [5.74, 6) is -0.759. The number of nitrogens with zero attached hydrogens (tertiary/aromatic N) is 5. The average Bonchev–Trinajstić information content (AvgIpc) is 3.20. The molecule has 3 aromatic rings. The molecule has 0 aromatic carbocycles. The first kappa shape index (κ1) is 21.2. The molecule has 1 aliphatic rings. The van der Waals surface area contributed by atoms with Gasteiger partial charge in [-0.3, -0.25) is 9.36 Å². The monoisotopic (exact) mass is 448 g/mol. The second-order valence-electron chi connectivity index (χ2n) is 7.19. The van der Waals surface area contributed by atoms with Crippen LogP contribution in [0.4, 0.5) is 5.95 Å². The van der Waals surface area contributed by atoms with Crippen molar-refractivity contribution < 1.29 is 19.4 Å². The molecule has 0 aliphatic carbocycles. The van der Waals surface area contributed by atoms with Gasteiger partial charge in [0.2, 0.25) is 5.95 Å². The van der Waals surface area contributed by atoms with E-state index in [4.69, 9.17) is 21.1 Å². The van der Waals surface area contributed by atoms with Gasteiger partial charge in [-0.25, -0.2) is 19.3 Å². The lowest BCUT2D eigenvalue weighted by atomic mass is 10.1. The van der Waals surface area contributed by atoms with Crippen LogP contribution in [0.25, 0.3) is 16.8 Å². The lowest BCUT2D eigenvalue weighted by Gasteiger charge is -2.31. The molecule has 1 fully saturated rings. The lowest BCUT2D eigenvalue weighted by molar-refractivity contribution is -0.140. The first-order valence-corrected chi connectivity index (χ1v) is 9.99. The third-order valence-corrected chi connectivity index (χ3v) is 5.54. The molecule has 1 saturated heterocycles. The summed E-state index contributed by atoms with van der Waals surface area (Å²) in [4.78, 5) is 32.8. The van der Waals surface area contributed by atoms with Gasteiger partial charge in [-0.1, -0.05) is 11.6 Å². The van der Waals surface area contributed by atoms with Gasteiger partial charge in [0.1, 0.15) is 24.0 Å². The van der Waals surface area contributed by atoms with E-state index in [1.165, 1.54) is 24.0 Å². The second-order valence-corrected chi connectivity index (χ2v) is 7.60. The predicted octanol–water partition coefficient (Wildman–Crippen LogP) is 1.47. The summed E-state index contributed by atoms with van der Waals surface area (Å²) in [5, 5.41) is 16.9. The van der Waals surface area contributed by atoms with Gasteiger partial charge >= 0.3 is 5.97 Å². The highest BCUT2D eigenvalue weighted by Crippen LogP contribution is 2.28. The number of methoxy groups -OCH3 is 1. The summed E-state index contributed by atoms with van der Waals surface area (Å²) in [6.45, 7) is 2.50. The largest absolute Gasteiger partial charge is 0.480 e. The van der Waals surface area contributed by atoms with Crippen LogP contribution in [0.15, 0.2) is 29.6 Å². The summed E-state index contributed by atoms with van der Waals surface area (Å²) in [5.41, 5.74) is 0.697. The molecule has 0 radical (unpaired) electrons. The summed E-state index contributed by atoms with van der Waals surface area (Å²) in [6.07, 6.45) is 4.89. The predicted molar refractivity (Wildman–Crippen MR) is 111 cm³/mol. The van der Waals surface area contributed by atoms with E-state index >= 15 is 0 Å². The standard InChI is InChI=1S/C19H21ClN6O5/c1-10(18(28)29)25-9-22-26-7-11(5-14(26)17(25)27)16-12(20)6-21-19(24-16)23-13-3-4-31-8-15(13)30-2/h5-7,9-10,13,15H,3-4,8H2,1-2H3,(H,28,29)(H,21,23,24)/t10?,13-,15-/m1/s1. The minimum atomic E-state index is -1.13. The minimum absolute atomic E-state index is 0.0211. The van der Waals surface area contributed by atoms with Crippen molar-refractivity contribution in [2.45, 2.75) is 31.5 Å². The van der Waals surface area contributed by atoms with Crippen LogP contribution in [0.2, 0.25) is 5.02 Å². The summed E-state index contributed by atoms with van der Waals surface area (Å²) in [6, 6.07) is 0.507. The number of carbonyl (C=O) groups is 1. The fourth-order valence-corrected chi connectivity index (χ4v) is 3.64. The Morgan fingerprint density at radius 3 is 3.03 bits per heavy atom. The zero-order valence-corrected chi connectivity index (χ0v) is 17.6. The second kappa shape index (κ2) is 8.61. The number of aliphatic carboxylic acids is 1. The van der Waals surface area contributed by atoms with E-state index in [2.05, 4.69) is 20.4 Å². The van der Waals surface area contributed by atoms with Crippen molar-refractivity contribution in [1.82, 2.24) is 24.1 Å². The molecule has 4 rings (SSSR count). The van der Waals surface area contributed by atoms with Gasteiger partial charge in [0.05, 0.1) is 29.6 Å². The van der Waals surface area contributed by atoms with E-state index in [1.807, 2.05) is 0 Å². The summed E-state index contributed by atoms with van der Waals surface area (Å²) >= 11 is 6.33. The number of halogens is 1. The van der Waals surface area contributed by atoms with Crippen molar-refractivity contribution >= 4 is 29.0 Å². The Morgan fingerprint density at radius 1 is 1.48 bits per heavy atom. The third kappa shape index (κ3) is 4.11. The molecule has 0 saturated carbocycles. The maximum atomic E-state index is 12.7. The maximum absolute atomic E-state index is 12.7. The van der Waals surface area contributed by atoms with Gasteiger partial charge in [-0.2, -0.15) is 5.10 Å². The van der Waals surface area contributed by atoms with Crippen molar-refractivity contribution in [1.29, 1.82) is 0 Å². The molecule has 12 heteroatoms. The summed E-state index contributed by atoms with van der Waals surface area (Å²) < 4.78 is 13.3. The highest BCUT2D eigenvalue weighted by Gasteiger charge is 2.26. The van der Waals surface area contributed by atoms with Gasteiger partial charge in [0, 0.05) is 25.5 Å². The maximum Gasteiger partial charge on any atom is 0.326 e. The van der Waals surface area contributed by atoms with E-state index in [1.54, 1.807) is 19.4 Å². The summed E-state index contributed by atoms with van der Waals surface area (Å²) in [7, 11) is 1.62. The van der Waals surface area contributed by atoms with Gasteiger partial charge in [-0.15, -0.1) is 0 Å². The number of carboxylic acid groups (broad SMARTS) is 1. The third-order valence-electron chi connectivity index (χ3n) is 5.27. The van der Waals surface area contributed by atoms with Crippen LogP contribution in [0, 0.1) is 0 Å². The van der Waals surface area contributed by atoms with Crippen molar-refractivity contribution in [2.24, 2.45) is 0 Å². The fraction of sp³-hybridized carbons (Fsp3) is 0.421. The molecule has 2 N–H and O–H groups in total. The van der Waals surface area contributed by atoms with Crippen LogP contribution in [0.3, 0.4) is 0 Å². The van der Waals surface area contributed by atoms with Crippen molar-refractivity contribution in [3.8, 4) is 11.3 Å². The smallest absolute Gasteiger partial charge is 0.326 e. The quantitative estimate of drug-likeness (QED) is 0.574. The van der Waals surface area contributed by atoms with Crippen LogP contribution in [0.5, 0.6) is 0 Å². The van der Waals surface area contributed by atoms with Crippen molar-refractivity contribution in [2.75, 3.05) is 25.6 Å². The highest BCUT2D eigenvalue weighted by atomic mass is 35.5. The van der Waals surface area contributed by atoms with E-state index in [-0.39, 0.29) is 17.7 Å². The van der Waals surface area contributed by atoms with Crippen LogP contribution < -0.4 is 10.9 Å². The minimum Gasteiger partial charge on any atom is -0.480 e. The van der Waals surface area contributed by atoms with E-state index in [9.17, 15) is 14.7 Å². The SMILES string of the molecule is CO[C@@H]1COCC[C@H]1Nc1ncc(Cl)c(-c2cc3c(=O)n(C(C)C(=O)O)cnn3c2)n1. The molecule has 1 unspecified atom stereocenters. The van der Waals surface area contributed by atoms with Crippen molar-refractivity contribution in [3.63, 3.8) is 0 Å². The first-order chi connectivity index (χ1) is 14.9. The Hall–Kier alpha value is -3.02. The fourth-order valence-electron chi connectivity index (χ4n) is 3.44. The zero-order chi connectivity index (χ0) is 22.1. The molecular formula is C19H21ClN6O5. The number of aromatic nitrogens is 5. The molecule has 1 aliphatic heterocycles. The topological polar surface area (TPSA) is 133 Å². The Labute approximate surface area is 181 Å². The van der Waals surface area contributed by atoms with Gasteiger partial charge in [0.15, 0.2) is 0 Å². The van der Waals surface area contributed by atoms with E-state index < -0.39 is 17.6 Å². The Kier molecular flexibility index (Phi) is 5.90. The normalized spacial score (nSPS) is 20.0. The Morgan fingerprint density at radius 2 is 2.29 bits per heavy atom. The number of anilines is 1. The molecule has 0 bridgehead atoms. The van der Waals surface area contributed by atoms with Crippen LogP contribution >= 0.6 is 11.6 Å². The molecule has 3 atom stereocenters. The molecule has 11 nitrogen and oxygen atoms in total. The molecule has 3 aromatic heterocycles. The number of ether oxygens (including phenoxy) is 2. The number of fused-ring (bicyclic) bond motifs is 1. The molecule has 0 amide bonds. The first-order valence-electron chi connectivity index (χ1n) is 9.61. The number of hydrogen-bond donors (Lipinski definition) is 2. The Bertz CT molecular complexity index is 1180. The molecule has 31 heavy (non-hydrogen) atoms. The number of hydrogen-bond acceptors (Lipinski definition) is 8. The van der Waals surface area contributed by atoms with Gasteiger partial charge in [0.25, 0.3) is 5.56 Å². The Balaban J connectivity index is 1.69. The molecule has 4 heterocycles. The zero-order valence-electron chi connectivity index (χ0n) is 16.9. The van der Waals surface area contributed by atoms with Gasteiger partial charge < -0.3 is 19.9 Å². The molecular weight excluding hydrogens is 428 g/mol. The molecule has 0 spiro atoms. The van der Waals surface area contributed by atoms with Gasteiger partial charge in [-0.05, 0) is 19.4 Å². The average molecular weight is 449 g/mol. The van der Waals surface area contributed by atoms with Crippen LogP contribution in [-0.4, -0.2) is 67.7 Å². The van der Waals surface area contributed by atoms with Crippen LogP contribution in [-0.2, 0) is 14.3 Å². The van der Waals surface area contributed by atoms with Crippen LogP contribution in [0.1, 0.15) is 19.4 Å². The van der Waals surface area contributed by atoms with E-state index in [0.717, 1.165) is 11.0 Å². The number of nitrogens with one attached hydrogen (secondary N) is 1. The molecule has 164 valence electrons. The number of carboxylic acids is 1. The highest BCUT2D eigenvalue weighted by molar-refractivity contribution is 6.32. The lowest BCUT2D eigenvalue weighted by Crippen LogP contribution is -2.43. The number of rotatable bonds is 6. The van der Waals surface area contributed by atoms with E-state index in [0.29, 0.717) is 35.4 Å². The van der Waals surface area contributed by atoms with Crippen molar-refractivity contribution in [3.05, 3.63) is 40.2 Å².